The molecule has 29 heavy (non-hydrogen) atoms. The molecule has 0 aliphatic heterocycles. The summed E-state index contributed by atoms with van der Waals surface area (Å²) in [5, 5.41) is 4.40. The van der Waals surface area contributed by atoms with Crippen LogP contribution in [0.1, 0.15) is 37.6 Å². The number of halogens is 4. The van der Waals surface area contributed by atoms with Crippen molar-refractivity contribution in [3.63, 3.8) is 0 Å². The van der Waals surface area contributed by atoms with Crippen LogP contribution in [0.5, 0.6) is 0 Å². The predicted octanol–water partition coefficient (Wildman–Crippen LogP) is 3.90. The van der Waals surface area contributed by atoms with Crippen LogP contribution in [0.4, 0.5) is 17.6 Å². The fraction of sp³-hybridized carbons (Fsp3) is 0.500. The maximum absolute atomic E-state index is 13.6. The number of amides is 1. The van der Waals surface area contributed by atoms with E-state index in [9.17, 15) is 22.4 Å². The first kappa shape index (κ1) is 21.2. The highest BCUT2D eigenvalue weighted by molar-refractivity contribution is 5.76. The summed E-state index contributed by atoms with van der Waals surface area (Å²) in [6, 6.07) is 6.18. The van der Waals surface area contributed by atoms with Crippen molar-refractivity contribution in [3.8, 4) is 11.4 Å². The predicted molar refractivity (Wildman–Crippen MR) is 90.6 cm³/mol. The number of hydrogen-bond donors (Lipinski definition) is 0. The molecule has 3 rings (SSSR count). The van der Waals surface area contributed by atoms with Gasteiger partial charge in [0.15, 0.2) is 0 Å². The van der Waals surface area contributed by atoms with E-state index in [0.717, 1.165) is 5.06 Å². The van der Waals surface area contributed by atoms with E-state index in [1.54, 1.807) is 12.1 Å². The summed E-state index contributed by atoms with van der Waals surface area (Å²) < 4.78 is 60.4. The molecule has 1 aliphatic rings. The fourth-order valence-electron chi connectivity index (χ4n) is 2.29. The van der Waals surface area contributed by atoms with E-state index in [1.165, 1.54) is 12.1 Å². The van der Waals surface area contributed by atoms with Gasteiger partial charge in [0.25, 0.3) is 5.91 Å². The molecule has 1 fully saturated rings. The Bertz CT molecular complexity index is 834. The molecule has 0 N–H and O–H groups in total. The summed E-state index contributed by atoms with van der Waals surface area (Å²) in [5.41, 5.74) is 0.955. The molecule has 11 heteroatoms. The van der Waals surface area contributed by atoms with Crippen molar-refractivity contribution in [3.05, 3.63) is 35.7 Å². The lowest BCUT2D eigenvalue weighted by Crippen LogP contribution is -2.35. The molecule has 2 aromatic rings. The van der Waals surface area contributed by atoms with E-state index < -0.39 is 30.4 Å². The van der Waals surface area contributed by atoms with Gasteiger partial charge in [0.1, 0.15) is 6.61 Å². The van der Waals surface area contributed by atoms with Crippen LogP contribution in [0.25, 0.3) is 11.4 Å². The topological polar surface area (TPSA) is 77.7 Å². The number of alkyl halides is 4. The van der Waals surface area contributed by atoms with E-state index in [-0.39, 0.29) is 31.8 Å². The maximum Gasteiger partial charge on any atom is 0.471 e. The molecule has 1 aromatic heterocycles. The van der Waals surface area contributed by atoms with Gasteiger partial charge < -0.3 is 9.26 Å². The van der Waals surface area contributed by atoms with Crippen LogP contribution in [0.3, 0.4) is 0 Å². The smallest absolute Gasteiger partial charge is 0.336 e. The molecule has 158 valence electrons. The number of benzene rings is 1. The Morgan fingerprint density at radius 2 is 1.97 bits per heavy atom. The lowest BCUT2D eigenvalue weighted by atomic mass is 10.1. The monoisotopic (exact) mass is 417 g/mol. The van der Waals surface area contributed by atoms with Gasteiger partial charge in [-0.3, -0.25) is 9.63 Å². The summed E-state index contributed by atoms with van der Waals surface area (Å²) in [6.45, 7) is 1.77. The number of ether oxygens (including phenoxy) is 1. The molecular weight excluding hydrogens is 398 g/mol. The van der Waals surface area contributed by atoms with E-state index in [0.29, 0.717) is 17.5 Å². The van der Waals surface area contributed by atoms with Crippen molar-refractivity contribution in [1.82, 2.24) is 15.2 Å². The van der Waals surface area contributed by atoms with Gasteiger partial charge in [-0.15, -0.1) is 0 Å². The van der Waals surface area contributed by atoms with E-state index in [2.05, 4.69) is 14.7 Å². The van der Waals surface area contributed by atoms with Gasteiger partial charge >= 0.3 is 12.1 Å². The average Bonchev–Trinajstić information content (AvgIpc) is 3.20. The minimum absolute atomic E-state index is 0.0573. The van der Waals surface area contributed by atoms with Crippen molar-refractivity contribution in [1.29, 1.82) is 0 Å². The summed E-state index contributed by atoms with van der Waals surface area (Å²) in [7, 11) is 0. The van der Waals surface area contributed by atoms with Gasteiger partial charge in [0.2, 0.25) is 11.7 Å². The van der Waals surface area contributed by atoms with Crippen LogP contribution in [0, 0.1) is 0 Å². The highest BCUT2D eigenvalue weighted by Gasteiger charge is 2.45. The summed E-state index contributed by atoms with van der Waals surface area (Å²) >= 11 is 0. The lowest BCUT2D eigenvalue weighted by molar-refractivity contribution is -0.200. The second-order valence-corrected chi connectivity index (χ2v) is 6.55. The molecule has 1 heterocycles. The Morgan fingerprint density at radius 1 is 1.28 bits per heavy atom. The van der Waals surface area contributed by atoms with Gasteiger partial charge in [-0.25, -0.2) is 9.45 Å². The van der Waals surface area contributed by atoms with Crippen molar-refractivity contribution in [2.75, 3.05) is 13.2 Å². The highest BCUT2D eigenvalue weighted by atomic mass is 19.4. The average molecular weight is 417 g/mol. The molecule has 0 radical (unpaired) electrons. The number of hydroxylamine groups is 2. The second-order valence-electron chi connectivity index (χ2n) is 6.55. The summed E-state index contributed by atoms with van der Waals surface area (Å²) in [4.78, 5) is 21.0. The second kappa shape index (κ2) is 8.46. The number of rotatable bonds is 9. The SMILES string of the molecule is CCCON(Cc1ccc(-c2noc(C(F)(F)F)n2)cc1)C(=O)COC1(F)CC1. The zero-order chi connectivity index (χ0) is 21.1. The third-order valence-electron chi connectivity index (χ3n) is 4.03. The van der Waals surface area contributed by atoms with Gasteiger partial charge in [-0.1, -0.05) is 36.3 Å². The van der Waals surface area contributed by atoms with Crippen LogP contribution < -0.4 is 0 Å². The molecule has 0 spiro atoms. The zero-order valence-corrected chi connectivity index (χ0v) is 15.5. The lowest BCUT2D eigenvalue weighted by Gasteiger charge is -2.22. The van der Waals surface area contributed by atoms with Gasteiger partial charge in [0.05, 0.1) is 13.2 Å². The van der Waals surface area contributed by atoms with Crippen molar-refractivity contribution >= 4 is 5.91 Å². The van der Waals surface area contributed by atoms with E-state index >= 15 is 0 Å². The van der Waals surface area contributed by atoms with Crippen LogP contribution in [0.2, 0.25) is 0 Å². The largest absolute Gasteiger partial charge is 0.471 e. The standard InChI is InChI=1S/C18H19F4N3O4/c1-2-9-28-25(14(26)11-27-17(19)7-8-17)10-12-3-5-13(6-4-12)15-23-16(29-24-15)18(20,21)22/h3-6H,2,7-11H2,1H3. The van der Waals surface area contributed by atoms with Crippen molar-refractivity contribution < 1.29 is 36.5 Å². The Morgan fingerprint density at radius 3 is 2.52 bits per heavy atom. The third-order valence-corrected chi connectivity index (χ3v) is 4.03. The van der Waals surface area contributed by atoms with Gasteiger partial charge in [-0.05, 0) is 12.0 Å². The molecular formula is C18H19F4N3O4. The third kappa shape index (κ3) is 5.73. The number of carbonyl (C=O) groups excluding carboxylic acids is 1. The van der Waals surface area contributed by atoms with Gasteiger partial charge in [0, 0.05) is 18.4 Å². The summed E-state index contributed by atoms with van der Waals surface area (Å²) in [5.74, 6) is -3.87. The highest BCUT2D eigenvalue weighted by Crippen LogP contribution is 2.40. The molecule has 1 aliphatic carbocycles. The number of hydrogen-bond acceptors (Lipinski definition) is 6. The Balaban J connectivity index is 1.64. The molecule has 1 aromatic carbocycles. The molecule has 0 unspecified atom stereocenters. The van der Waals surface area contributed by atoms with Crippen molar-refractivity contribution in [2.45, 2.75) is 44.8 Å². The first-order chi connectivity index (χ1) is 13.7. The molecule has 0 saturated heterocycles. The summed E-state index contributed by atoms with van der Waals surface area (Å²) in [6.07, 6.45) is -3.52. The van der Waals surface area contributed by atoms with Crippen LogP contribution in [0.15, 0.2) is 28.8 Å². The number of carbonyl (C=O) groups is 1. The first-order valence-electron chi connectivity index (χ1n) is 8.96. The molecule has 1 amide bonds. The maximum atomic E-state index is 13.6. The Hall–Kier alpha value is -2.53. The minimum Gasteiger partial charge on any atom is -0.336 e. The van der Waals surface area contributed by atoms with Crippen LogP contribution in [-0.4, -0.2) is 40.2 Å². The molecule has 0 atom stereocenters. The first-order valence-corrected chi connectivity index (χ1v) is 8.96. The van der Waals surface area contributed by atoms with E-state index in [1.807, 2.05) is 6.92 Å². The molecule has 0 bridgehead atoms. The fourth-order valence-corrected chi connectivity index (χ4v) is 2.29. The number of aromatic nitrogens is 2. The Kier molecular flexibility index (Phi) is 6.18. The quantitative estimate of drug-likeness (QED) is 0.455. The minimum atomic E-state index is -4.72. The molecule has 1 saturated carbocycles. The molecule has 7 nitrogen and oxygen atoms in total. The van der Waals surface area contributed by atoms with E-state index in [4.69, 9.17) is 9.57 Å². The number of nitrogens with zero attached hydrogens (tertiary/aromatic N) is 3. The van der Waals surface area contributed by atoms with Crippen molar-refractivity contribution in [2.24, 2.45) is 0 Å². The van der Waals surface area contributed by atoms with Crippen LogP contribution in [-0.2, 0) is 27.1 Å². The Labute approximate surface area is 163 Å². The van der Waals surface area contributed by atoms with Crippen LogP contribution >= 0.6 is 0 Å². The normalized spacial score (nSPS) is 15.3. The zero-order valence-electron chi connectivity index (χ0n) is 15.5. The van der Waals surface area contributed by atoms with Gasteiger partial charge in [-0.2, -0.15) is 18.2 Å².